The van der Waals surface area contributed by atoms with E-state index < -0.39 is 27.5 Å². The van der Waals surface area contributed by atoms with Crippen LogP contribution in [0.2, 0.25) is 0 Å². The molecule has 105 heavy (non-hydrogen) atoms. The van der Waals surface area contributed by atoms with Gasteiger partial charge in [0.25, 0.3) is 5.69 Å². The molecule has 22 nitrogen and oxygen atoms in total. The number of piperidine rings is 3. The number of aliphatic imine (C=N–C) groups is 1. The number of aromatic hydroxyl groups is 2. The first kappa shape index (κ1) is 77.2. The number of hydrogen-bond acceptors (Lipinski definition) is 17. The Morgan fingerprint density at radius 2 is 1.10 bits per heavy atom. The monoisotopic (exact) mass is 1460 g/mol. The first-order valence-electron chi connectivity index (χ1n) is 37.9. The summed E-state index contributed by atoms with van der Waals surface area (Å²) in [6.07, 6.45) is 25.0. The number of nitrogens with two attached hydrogens (primary N) is 5. The van der Waals surface area contributed by atoms with Crippen LogP contribution in [0, 0.1) is 46.0 Å². The van der Waals surface area contributed by atoms with Crippen LogP contribution in [-0.2, 0) is 35.5 Å². The number of nitrogen functional groups attached to an aromatic ring is 2. The number of nitro groups is 1. The van der Waals surface area contributed by atoms with Crippen molar-refractivity contribution in [3.8, 4) is 11.5 Å². The van der Waals surface area contributed by atoms with Crippen LogP contribution in [0.1, 0.15) is 162 Å². The molecule has 0 amide bonds. The van der Waals surface area contributed by atoms with E-state index in [0.29, 0.717) is 24.1 Å². The van der Waals surface area contributed by atoms with Crippen molar-refractivity contribution in [2.45, 2.75) is 218 Å². The Balaban J connectivity index is 0.000000131. The molecule has 3 aliphatic heterocycles. The number of nitrogens with one attached hydrogen (secondary N) is 3. The maximum Gasteiger partial charge on any atom is 0.269 e. The molecule has 9 aliphatic carbocycles. The fourth-order valence-corrected chi connectivity index (χ4v) is 20.6. The number of halogens is 2. The zero-order valence-electron chi connectivity index (χ0n) is 60.1. The number of phenols is 2. The first-order valence-corrected chi connectivity index (χ1v) is 37.9. The van der Waals surface area contributed by atoms with Crippen molar-refractivity contribution in [2.75, 3.05) is 63.4 Å². The lowest BCUT2D eigenvalue weighted by molar-refractivity contribution is -0.384. The number of aryl methyl sites for hydroxylation is 1. The van der Waals surface area contributed by atoms with Crippen molar-refractivity contribution in [2.24, 2.45) is 45.7 Å². The van der Waals surface area contributed by atoms with Gasteiger partial charge in [-0.3, -0.25) is 35.2 Å². The number of guanidine groups is 1. The molecule has 5 aromatic carbocycles. The molecule has 0 unspecified atom stereocenters. The number of benzene rings is 5. The van der Waals surface area contributed by atoms with Crippen LogP contribution in [-0.4, -0.2) is 172 Å². The zero-order chi connectivity index (χ0) is 72.2. The fraction of sp³-hybridized carbons (Fsp3) is 0.568. The van der Waals surface area contributed by atoms with Crippen LogP contribution in [0.3, 0.4) is 0 Å². The lowest BCUT2D eigenvalue weighted by Crippen LogP contribution is -2.74. The average Bonchev–Trinajstić information content (AvgIpc) is 1.69. The van der Waals surface area contributed by atoms with E-state index in [1.807, 2.05) is 42.5 Å². The molecule has 6 saturated carbocycles. The third-order valence-electron chi connectivity index (χ3n) is 26.1. The molecule has 24 heteroatoms. The molecule has 6 bridgehead atoms. The molecule has 1 aromatic heterocycles. The summed E-state index contributed by atoms with van der Waals surface area (Å²) < 4.78 is 13.4. The minimum absolute atomic E-state index is 0. The van der Waals surface area contributed by atoms with Crippen molar-refractivity contribution in [3.63, 3.8) is 0 Å². The van der Waals surface area contributed by atoms with E-state index in [2.05, 4.69) is 72.7 Å². The number of aliphatic hydroxyl groups is 3. The number of non-ortho nitro benzene ring substituents is 1. The molecule has 9 fully saturated rings. The Bertz CT molecular complexity index is 4050. The molecule has 18 rings (SSSR count). The van der Waals surface area contributed by atoms with Crippen molar-refractivity contribution in [1.29, 1.82) is 5.41 Å². The predicted octanol–water partition coefficient (Wildman–Crippen LogP) is 9.40. The van der Waals surface area contributed by atoms with E-state index in [4.69, 9.17) is 34.1 Å². The molecule has 0 spiro atoms. The van der Waals surface area contributed by atoms with Gasteiger partial charge in [-0.15, -0.1) is 12.4 Å². The minimum atomic E-state index is -0.737. The number of likely N-dealkylation sites (tertiary alicyclic amines) is 3. The maximum atomic E-state index is 12.4. The van der Waals surface area contributed by atoms with Crippen molar-refractivity contribution < 1.29 is 34.8 Å². The highest BCUT2D eigenvalue weighted by atomic mass is 35.5. The van der Waals surface area contributed by atoms with Crippen molar-refractivity contribution in [1.82, 2.24) is 29.8 Å². The Morgan fingerprint density at radius 3 is 1.54 bits per heavy atom. The third kappa shape index (κ3) is 15.4. The van der Waals surface area contributed by atoms with Gasteiger partial charge < -0.3 is 64.8 Å². The van der Waals surface area contributed by atoms with Gasteiger partial charge in [-0.05, 0) is 279 Å². The number of phenolic OH excluding ortho intramolecular Hbond substituents is 2. The lowest BCUT2D eigenvalue weighted by atomic mass is 9.49. The van der Waals surface area contributed by atoms with Crippen LogP contribution in [0.15, 0.2) is 127 Å². The van der Waals surface area contributed by atoms with Crippen molar-refractivity contribution in [3.05, 3.63) is 176 Å². The van der Waals surface area contributed by atoms with Gasteiger partial charge in [-0.25, -0.2) is 9.07 Å². The number of rotatable bonds is 13. The minimum Gasteiger partial charge on any atom is -0.508 e. The van der Waals surface area contributed by atoms with Gasteiger partial charge in [-0.1, -0.05) is 43.3 Å². The van der Waals surface area contributed by atoms with Gasteiger partial charge in [0.05, 0.1) is 28.3 Å². The molecular weight excluding hydrogens is 1350 g/mol. The quantitative estimate of drug-likeness (QED) is 0.0128. The van der Waals surface area contributed by atoms with Crippen LogP contribution in [0.5, 0.6) is 11.5 Å². The van der Waals surface area contributed by atoms with E-state index >= 15 is 0 Å². The summed E-state index contributed by atoms with van der Waals surface area (Å²) in [5, 5.41) is 85.1. The summed E-state index contributed by atoms with van der Waals surface area (Å²) >= 11 is 0. The number of anilines is 2. The predicted molar refractivity (Wildman–Crippen MR) is 413 cm³/mol. The average molecular weight is 1460 g/mol. The number of nitrogens with zero attached hydrogens (tertiary/aromatic N) is 7. The Labute approximate surface area is 623 Å². The molecule has 568 valence electrons. The highest BCUT2D eigenvalue weighted by molar-refractivity contribution is 5.85. The SMILES string of the molecule is C.Cc1ccc2c(c1)[C@]13CCN(CC4CC4)[C@H](C2)[C@]1(O)CC[C@@H](N)C3.Cl.N=C(N)n1cccn1.NC(N)=NCCN[C@@H]1CC[C@@]2(O)[C@H]3Cc4ccc(O)cc4[C@@]2(CCN3CC2CC2)C1.Nc1ccc(N[C@@H]2CC[C@@]3(O)[C@H]4Cc5ccc(O)cc5[C@@]3(CCN4CC3CC3)C2)cc1.O=[N+]([O-])c1ccc(F)cc1. The number of aromatic nitrogens is 2. The summed E-state index contributed by atoms with van der Waals surface area (Å²) in [5.41, 5.74) is 36.3. The third-order valence-corrected chi connectivity index (χ3v) is 26.1. The molecule has 4 heterocycles. The van der Waals surface area contributed by atoms with Gasteiger partial charge >= 0.3 is 0 Å². The van der Waals surface area contributed by atoms with Crippen LogP contribution >= 0.6 is 12.4 Å². The van der Waals surface area contributed by atoms with E-state index in [0.717, 1.165) is 189 Å². The lowest BCUT2D eigenvalue weighted by Gasteiger charge is -2.65. The number of fused-ring (bicyclic) bond motifs is 3. The second kappa shape index (κ2) is 31.0. The smallest absolute Gasteiger partial charge is 0.269 e. The van der Waals surface area contributed by atoms with E-state index in [1.54, 1.807) is 24.5 Å². The summed E-state index contributed by atoms with van der Waals surface area (Å²) in [6, 6.07) is 34.0. The van der Waals surface area contributed by atoms with Crippen LogP contribution in [0.4, 0.5) is 21.5 Å². The molecule has 3 saturated heterocycles. The van der Waals surface area contributed by atoms with Crippen molar-refractivity contribution >= 4 is 41.4 Å². The first-order chi connectivity index (χ1) is 49.4. The van der Waals surface area contributed by atoms with Gasteiger partial charge in [0.1, 0.15) is 17.3 Å². The number of nitro benzene ring substituents is 1. The number of hydrogen-bond donors (Lipinski definition) is 13. The molecular formula is C81H113ClFN15O7. The van der Waals surface area contributed by atoms with Gasteiger partial charge in [0.2, 0.25) is 5.96 Å². The largest absolute Gasteiger partial charge is 0.508 e. The maximum absolute atomic E-state index is 12.4. The fourth-order valence-electron chi connectivity index (χ4n) is 20.6. The Hall–Kier alpha value is -7.45. The van der Waals surface area contributed by atoms with E-state index in [9.17, 15) is 40.0 Å². The normalized spacial score (nSPS) is 31.4. The standard InChI is InChI=1S/C26H33N3O2.C23H35N5O2.C21H30N2O.C6H4FNO2.C4H6N4.CH4.ClH/c27-19-4-6-20(7-5-19)28-21-9-10-26(31)24-13-18-3-8-22(30)14-23(18)25(26,15-21)11-12-29(24)16-17-1-2-17;24-21(25)27-9-8-26-17-5-6-23(30)20-11-16-3-4-18(29)12-19(16)22(23,13-17)7-10-28(20)14-15-1-2-15;1-14-2-5-16-11-19-21(24)7-6-17(22)12-20(21,18(16)10-14)8-9-23(19)13-15-3-4-15;7-5-1-3-6(4-2-5)8(9)10;5-4(6)8-3-1-2-7-8;;/h3-8,14,17,21,24,28,30-31H,1-2,9-13,15-16,27H2;3-4,12,15,17,20,26,29-30H,1-2,5-11,13-14H2,(H4,24,25,27);2,5,10,15,17,19,24H,3-4,6-9,11-13,22H2,1H3;1-4H;1-3H,(H3,5,6);1H4;1H/t21-,24-,25-,26-;17-,20-,22-,23-;17-,19-,20-,21-;;;;/m111..../s1. The Kier molecular flexibility index (Phi) is 22.8. The topological polar surface area (TPSA) is 362 Å². The van der Waals surface area contributed by atoms with E-state index in [-0.39, 0.29) is 83.9 Å². The van der Waals surface area contributed by atoms with E-state index in [1.165, 1.54) is 88.7 Å². The second-order valence-corrected chi connectivity index (χ2v) is 32.6. The van der Waals surface area contributed by atoms with Crippen LogP contribution in [0.25, 0.3) is 0 Å². The van der Waals surface area contributed by atoms with Gasteiger partial charge in [0, 0.05) is 115 Å². The highest BCUT2D eigenvalue weighted by Gasteiger charge is 2.68. The summed E-state index contributed by atoms with van der Waals surface area (Å²) in [4.78, 5) is 21.3. The Morgan fingerprint density at radius 1 is 0.638 bits per heavy atom. The summed E-state index contributed by atoms with van der Waals surface area (Å²) in [5.74, 6) is 2.72. The second-order valence-electron chi connectivity index (χ2n) is 32.6. The zero-order valence-corrected chi connectivity index (χ0v) is 60.9. The molecule has 6 aromatic rings. The molecule has 0 radical (unpaired) electrons. The summed E-state index contributed by atoms with van der Waals surface area (Å²) in [7, 11) is 0. The highest BCUT2D eigenvalue weighted by Crippen LogP contribution is 2.62. The molecule has 12 atom stereocenters. The van der Waals surface area contributed by atoms with Crippen LogP contribution < -0.4 is 39.3 Å². The van der Waals surface area contributed by atoms with Gasteiger partial charge in [0.15, 0.2) is 5.96 Å². The molecule has 12 aliphatic rings. The molecule has 18 N–H and O–H groups in total. The van der Waals surface area contributed by atoms with Gasteiger partial charge in [-0.2, -0.15) is 5.10 Å². The summed E-state index contributed by atoms with van der Waals surface area (Å²) in [6.45, 7) is 10.1.